The average molecular weight is 250 g/mol. The largest absolute Gasteiger partial charge is 0.351 e. The van der Waals surface area contributed by atoms with Gasteiger partial charge in [0.25, 0.3) is 0 Å². The molecule has 1 amide bonds. The van der Waals surface area contributed by atoms with Gasteiger partial charge >= 0.3 is 0 Å². The van der Waals surface area contributed by atoms with Gasteiger partial charge in [-0.05, 0) is 31.7 Å². The molecule has 1 unspecified atom stereocenters. The van der Waals surface area contributed by atoms with Gasteiger partial charge in [0.2, 0.25) is 5.91 Å². The summed E-state index contributed by atoms with van der Waals surface area (Å²) in [7, 11) is 0. The molecule has 5 nitrogen and oxygen atoms in total. The highest BCUT2D eigenvalue weighted by Crippen LogP contribution is 2.44. The maximum Gasteiger partial charge on any atom is 0.227 e. The molecule has 3 N–H and O–H groups in total. The Balaban J connectivity index is 1.87. The van der Waals surface area contributed by atoms with Crippen LogP contribution in [0, 0.1) is 11.3 Å². The number of nitrogens with zero attached hydrogens (tertiary/aromatic N) is 2. The molecule has 1 atom stereocenters. The molecule has 1 aromatic heterocycles. The van der Waals surface area contributed by atoms with E-state index >= 15 is 0 Å². The highest BCUT2D eigenvalue weighted by molar-refractivity contribution is 5.84. The van der Waals surface area contributed by atoms with Crippen LogP contribution in [0.4, 0.5) is 0 Å². The van der Waals surface area contributed by atoms with Crippen LogP contribution in [0.1, 0.15) is 26.7 Å². The summed E-state index contributed by atoms with van der Waals surface area (Å²) >= 11 is 0. The molecule has 1 fully saturated rings. The number of hydrogen-bond acceptors (Lipinski definition) is 3. The van der Waals surface area contributed by atoms with Crippen molar-refractivity contribution >= 4 is 5.91 Å². The summed E-state index contributed by atoms with van der Waals surface area (Å²) in [6.07, 6.45) is 5.45. The van der Waals surface area contributed by atoms with Crippen LogP contribution in [0.2, 0.25) is 0 Å². The summed E-state index contributed by atoms with van der Waals surface area (Å²) in [6.45, 7) is 5.28. The predicted octanol–water partition coefficient (Wildman–Crippen LogP) is 0.763. The molecule has 1 aromatic rings. The Labute approximate surface area is 108 Å². The normalized spacial score (nSPS) is 28.5. The van der Waals surface area contributed by atoms with Crippen LogP contribution in [0.5, 0.6) is 0 Å². The Morgan fingerprint density at radius 2 is 2.39 bits per heavy atom. The second-order valence-corrected chi connectivity index (χ2v) is 5.60. The van der Waals surface area contributed by atoms with E-state index in [4.69, 9.17) is 5.73 Å². The zero-order valence-corrected chi connectivity index (χ0v) is 11.1. The Morgan fingerprint density at radius 1 is 1.67 bits per heavy atom. The molecule has 0 aliphatic heterocycles. The minimum absolute atomic E-state index is 0.0664. The number of aromatic nitrogens is 2. The molecule has 5 heteroatoms. The molecule has 1 heterocycles. The molecule has 0 spiro atoms. The van der Waals surface area contributed by atoms with Crippen molar-refractivity contribution in [1.29, 1.82) is 0 Å². The van der Waals surface area contributed by atoms with E-state index in [1.165, 1.54) is 0 Å². The molecule has 2 rings (SSSR count). The Bertz CT molecular complexity index is 395. The highest BCUT2D eigenvalue weighted by atomic mass is 16.2. The lowest BCUT2D eigenvalue weighted by atomic mass is 9.62. The van der Waals surface area contributed by atoms with E-state index in [9.17, 15) is 4.79 Å². The fourth-order valence-corrected chi connectivity index (χ4v) is 2.83. The summed E-state index contributed by atoms with van der Waals surface area (Å²) in [4.78, 5) is 12.2. The van der Waals surface area contributed by atoms with E-state index in [1.54, 1.807) is 6.20 Å². The van der Waals surface area contributed by atoms with E-state index in [0.717, 1.165) is 12.8 Å². The first-order chi connectivity index (χ1) is 8.55. The zero-order chi connectivity index (χ0) is 13.2. The fourth-order valence-electron chi connectivity index (χ4n) is 2.83. The lowest BCUT2D eigenvalue weighted by molar-refractivity contribution is -0.138. The Hall–Kier alpha value is -1.36. The van der Waals surface area contributed by atoms with Gasteiger partial charge in [-0.3, -0.25) is 9.48 Å². The maximum absolute atomic E-state index is 12.2. The molecular formula is C13H22N4O. The van der Waals surface area contributed by atoms with Gasteiger partial charge < -0.3 is 11.1 Å². The number of hydrogen-bond donors (Lipinski definition) is 2. The molecule has 0 radical (unpaired) electrons. The van der Waals surface area contributed by atoms with Crippen LogP contribution < -0.4 is 11.1 Å². The van der Waals surface area contributed by atoms with Crippen molar-refractivity contribution < 1.29 is 4.79 Å². The molecule has 0 saturated heterocycles. The smallest absolute Gasteiger partial charge is 0.227 e. The van der Waals surface area contributed by atoms with Crippen LogP contribution >= 0.6 is 0 Å². The standard InChI is InChI=1S/C13H22N4O/c1-10-6-13(7-10,9-14)12(18)16-11(2)8-17-5-3-4-15-17/h3-5,10-11H,6-9,14H2,1-2H3,(H,16,18). The average Bonchev–Trinajstić information content (AvgIpc) is 2.76. The number of nitrogens with one attached hydrogen (secondary N) is 1. The third-order valence-electron chi connectivity index (χ3n) is 3.75. The van der Waals surface area contributed by atoms with E-state index in [0.29, 0.717) is 19.0 Å². The number of amides is 1. The fraction of sp³-hybridized carbons (Fsp3) is 0.692. The molecule has 18 heavy (non-hydrogen) atoms. The van der Waals surface area contributed by atoms with Crippen LogP contribution in [0.25, 0.3) is 0 Å². The Morgan fingerprint density at radius 3 is 2.89 bits per heavy atom. The maximum atomic E-state index is 12.2. The van der Waals surface area contributed by atoms with Crippen molar-refractivity contribution in [3.63, 3.8) is 0 Å². The highest BCUT2D eigenvalue weighted by Gasteiger charge is 2.47. The van der Waals surface area contributed by atoms with E-state index in [2.05, 4.69) is 17.3 Å². The molecule has 1 saturated carbocycles. The number of nitrogens with two attached hydrogens (primary N) is 1. The van der Waals surface area contributed by atoms with Gasteiger partial charge in [0.1, 0.15) is 0 Å². The van der Waals surface area contributed by atoms with E-state index < -0.39 is 0 Å². The minimum atomic E-state index is -0.322. The third kappa shape index (κ3) is 2.56. The third-order valence-corrected chi connectivity index (χ3v) is 3.75. The van der Waals surface area contributed by atoms with E-state index in [1.807, 2.05) is 23.9 Å². The Kier molecular flexibility index (Phi) is 3.71. The predicted molar refractivity (Wildman–Crippen MR) is 69.7 cm³/mol. The molecule has 100 valence electrons. The van der Waals surface area contributed by atoms with Gasteiger partial charge in [-0.2, -0.15) is 5.10 Å². The van der Waals surface area contributed by atoms with Crippen molar-refractivity contribution in [2.24, 2.45) is 17.1 Å². The van der Waals surface area contributed by atoms with Crippen LogP contribution in [0.3, 0.4) is 0 Å². The first-order valence-electron chi connectivity index (χ1n) is 6.54. The van der Waals surface area contributed by atoms with Crippen molar-refractivity contribution in [2.45, 2.75) is 39.3 Å². The topological polar surface area (TPSA) is 72.9 Å². The van der Waals surface area contributed by atoms with Crippen LogP contribution in [0.15, 0.2) is 18.5 Å². The molecule has 0 aromatic carbocycles. The first kappa shape index (κ1) is 13.1. The summed E-state index contributed by atoms with van der Waals surface area (Å²) in [5.74, 6) is 0.712. The van der Waals surface area contributed by atoms with Gasteiger partial charge in [-0.15, -0.1) is 0 Å². The second kappa shape index (κ2) is 5.10. The minimum Gasteiger partial charge on any atom is -0.351 e. The van der Waals surface area contributed by atoms with Crippen LogP contribution in [-0.2, 0) is 11.3 Å². The first-order valence-corrected chi connectivity index (χ1v) is 6.54. The molecule has 1 aliphatic carbocycles. The van der Waals surface area contributed by atoms with Gasteiger partial charge in [0.05, 0.1) is 12.0 Å². The van der Waals surface area contributed by atoms with Crippen LogP contribution in [-0.4, -0.2) is 28.3 Å². The summed E-state index contributed by atoms with van der Waals surface area (Å²) in [6, 6.07) is 1.94. The lowest BCUT2D eigenvalue weighted by Crippen LogP contribution is -2.55. The molecular weight excluding hydrogens is 228 g/mol. The number of rotatable bonds is 5. The van der Waals surface area contributed by atoms with Crippen molar-refractivity contribution in [1.82, 2.24) is 15.1 Å². The summed E-state index contributed by atoms with van der Waals surface area (Å²) < 4.78 is 1.82. The molecule has 1 aliphatic rings. The monoisotopic (exact) mass is 250 g/mol. The van der Waals surface area contributed by atoms with Crippen molar-refractivity contribution in [3.8, 4) is 0 Å². The second-order valence-electron chi connectivity index (χ2n) is 5.60. The van der Waals surface area contributed by atoms with Gasteiger partial charge in [-0.1, -0.05) is 6.92 Å². The summed E-state index contributed by atoms with van der Waals surface area (Å²) in [5.41, 5.74) is 5.44. The van der Waals surface area contributed by atoms with Crippen molar-refractivity contribution in [3.05, 3.63) is 18.5 Å². The SMILES string of the molecule is CC1CC(CN)(C(=O)NC(C)Cn2cccn2)C1. The number of carbonyl (C=O) groups is 1. The number of carbonyl (C=O) groups excluding carboxylic acids is 1. The van der Waals surface area contributed by atoms with Gasteiger partial charge in [0, 0.05) is 25.0 Å². The summed E-state index contributed by atoms with van der Waals surface area (Å²) in [5, 5.41) is 7.19. The quantitative estimate of drug-likeness (QED) is 0.810. The van der Waals surface area contributed by atoms with Gasteiger partial charge in [0.15, 0.2) is 0 Å². The zero-order valence-electron chi connectivity index (χ0n) is 11.1. The van der Waals surface area contributed by atoms with E-state index in [-0.39, 0.29) is 17.4 Å². The van der Waals surface area contributed by atoms with Gasteiger partial charge in [-0.25, -0.2) is 0 Å². The molecule has 0 bridgehead atoms. The van der Waals surface area contributed by atoms with Crippen molar-refractivity contribution in [2.75, 3.05) is 6.54 Å². The lowest BCUT2D eigenvalue weighted by Gasteiger charge is -2.44.